The molecule has 0 heterocycles. The molecule has 98 valence electrons. The minimum atomic E-state index is -1.74. The highest BCUT2D eigenvalue weighted by Crippen LogP contribution is 2.14. The second-order valence-electron chi connectivity index (χ2n) is 4.92. The smallest absolute Gasteiger partial charge is 0.244 e. The Labute approximate surface area is 113 Å². The van der Waals surface area contributed by atoms with Crippen molar-refractivity contribution in [1.29, 1.82) is 0 Å². The van der Waals surface area contributed by atoms with Crippen LogP contribution in [-0.4, -0.2) is 14.5 Å². The molecule has 0 aliphatic rings. The van der Waals surface area contributed by atoms with E-state index in [4.69, 9.17) is 16.0 Å². The molecule has 1 rings (SSSR count). The first kappa shape index (κ1) is 14.9. The van der Waals surface area contributed by atoms with Crippen molar-refractivity contribution in [2.75, 3.05) is 0 Å². The van der Waals surface area contributed by atoms with Crippen LogP contribution in [0.1, 0.15) is 11.1 Å². The largest absolute Gasteiger partial charge is 0.531 e. The van der Waals surface area contributed by atoms with Crippen molar-refractivity contribution in [3.63, 3.8) is 0 Å². The fraction of sp³-hybridized carbons (Fsp3) is 0.308. The van der Waals surface area contributed by atoms with Gasteiger partial charge in [0.2, 0.25) is 14.2 Å². The molecule has 0 amide bonds. The molecule has 0 aliphatic carbocycles. The quantitative estimate of drug-likeness (QED) is 0.455. The van der Waals surface area contributed by atoms with Crippen molar-refractivity contribution in [2.24, 2.45) is 4.99 Å². The second kappa shape index (κ2) is 6.16. The lowest BCUT2D eigenvalue weighted by Crippen LogP contribution is -2.24. The molecule has 0 aromatic heterocycles. The predicted molar refractivity (Wildman–Crippen MR) is 77.1 cm³/mol. The maximum atomic E-state index is 13.1. The van der Waals surface area contributed by atoms with E-state index in [-0.39, 0.29) is 5.82 Å². The summed E-state index contributed by atoms with van der Waals surface area (Å²) < 4.78 is 18.8. The summed E-state index contributed by atoms with van der Waals surface area (Å²) in [5, 5.41) is 0. The molecule has 0 N–H and O–H groups in total. The molecular weight excluding hydrogens is 269 g/mol. The lowest BCUT2D eigenvalue weighted by atomic mass is 10.1. The number of hydrogen-bond acceptors (Lipinski definition) is 2. The molecule has 0 radical (unpaired) electrons. The SMILES string of the molecule is Cc1ccc(F)cc1/C=N/C(=C/Cl)O[Si](C)(C)C. The Hall–Kier alpha value is -1.13. The van der Waals surface area contributed by atoms with E-state index in [2.05, 4.69) is 4.99 Å². The maximum absolute atomic E-state index is 13.1. The molecule has 0 saturated carbocycles. The molecule has 2 nitrogen and oxygen atoms in total. The van der Waals surface area contributed by atoms with Crippen molar-refractivity contribution in [2.45, 2.75) is 26.6 Å². The van der Waals surface area contributed by atoms with Crippen molar-refractivity contribution in [1.82, 2.24) is 0 Å². The van der Waals surface area contributed by atoms with Gasteiger partial charge in [-0.1, -0.05) is 17.7 Å². The Kier molecular flexibility index (Phi) is 5.11. The maximum Gasteiger partial charge on any atom is 0.244 e. The summed E-state index contributed by atoms with van der Waals surface area (Å²) in [5.41, 5.74) is 2.95. The third-order valence-corrected chi connectivity index (χ3v) is 3.08. The number of nitrogens with zero attached hydrogens (tertiary/aromatic N) is 1. The molecule has 5 heteroatoms. The molecule has 0 saturated heterocycles. The van der Waals surface area contributed by atoms with E-state index >= 15 is 0 Å². The molecule has 1 aromatic rings. The van der Waals surface area contributed by atoms with Crippen molar-refractivity contribution in [3.8, 4) is 0 Å². The number of aryl methyl sites for hydroxylation is 1. The standard InChI is InChI=1S/C13H17ClFNOSi/c1-10-5-6-12(15)7-11(10)9-16-13(8-14)17-18(2,3)4/h5-9H,1-4H3/b13-8-,16-9+. The van der Waals surface area contributed by atoms with Crippen LogP contribution in [-0.2, 0) is 4.43 Å². The monoisotopic (exact) mass is 285 g/mol. The molecule has 0 bridgehead atoms. The van der Waals surface area contributed by atoms with Crippen molar-refractivity contribution in [3.05, 3.63) is 46.6 Å². The fourth-order valence-electron chi connectivity index (χ4n) is 1.27. The summed E-state index contributed by atoms with van der Waals surface area (Å²) in [4.78, 5) is 4.15. The van der Waals surface area contributed by atoms with Crippen molar-refractivity contribution < 1.29 is 8.82 Å². The summed E-state index contributed by atoms with van der Waals surface area (Å²) in [5.74, 6) is 0.0732. The molecule has 0 fully saturated rings. The van der Waals surface area contributed by atoms with Crippen LogP contribution in [0.5, 0.6) is 0 Å². The number of halogens is 2. The minimum Gasteiger partial charge on any atom is -0.531 e. The van der Waals surface area contributed by atoms with Crippen LogP contribution in [0.25, 0.3) is 0 Å². The summed E-state index contributed by atoms with van der Waals surface area (Å²) in [7, 11) is -1.74. The van der Waals surface area contributed by atoms with Gasteiger partial charge in [0.25, 0.3) is 0 Å². The van der Waals surface area contributed by atoms with Gasteiger partial charge in [0.05, 0.1) is 5.54 Å². The highest BCUT2D eigenvalue weighted by atomic mass is 35.5. The number of benzene rings is 1. The van der Waals surface area contributed by atoms with Crippen LogP contribution < -0.4 is 0 Å². The summed E-state index contributed by atoms with van der Waals surface area (Å²) in [6, 6.07) is 4.56. The highest BCUT2D eigenvalue weighted by Gasteiger charge is 2.17. The Morgan fingerprint density at radius 3 is 2.61 bits per heavy atom. The molecule has 18 heavy (non-hydrogen) atoms. The van der Waals surface area contributed by atoms with Gasteiger partial charge in [-0.05, 0) is 49.8 Å². The zero-order chi connectivity index (χ0) is 13.8. The first-order chi connectivity index (χ1) is 8.31. The van der Waals surface area contributed by atoms with Gasteiger partial charge in [-0.25, -0.2) is 9.38 Å². The van der Waals surface area contributed by atoms with E-state index in [0.29, 0.717) is 11.4 Å². The fourth-order valence-corrected chi connectivity index (χ4v) is 2.19. The topological polar surface area (TPSA) is 21.6 Å². The van der Waals surface area contributed by atoms with E-state index in [1.54, 1.807) is 12.3 Å². The number of aliphatic imine (C=N–C) groups is 1. The minimum absolute atomic E-state index is 0.287. The third kappa shape index (κ3) is 5.02. The summed E-state index contributed by atoms with van der Waals surface area (Å²) in [6.07, 6.45) is 1.56. The van der Waals surface area contributed by atoms with E-state index < -0.39 is 8.32 Å². The van der Waals surface area contributed by atoms with E-state index in [9.17, 15) is 4.39 Å². The van der Waals surface area contributed by atoms with Gasteiger partial charge in [0.15, 0.2) is 0 Å². The first-order valence-corrected chi connectivity index (χ1v) is 9.46. The van der Waals surface area contributed by atoms with E-state index in [0.717, 1.165) is 5.56 Å². The second-order valence-corrected chi connectivity index (χ2v) is 9.57. The normalized spacial score (nSPS) is 13.1. The van der Waals surface area contributed by atoms with E-state index in [1.165, 1.54) is 17.7 Å². The van der Waals surface area contributed by atoms with Gasteiger partial charge in [0, 0.05) is 6.21 Å². The van der Waals surface area contributed by atoms with Crippen LogP contribution in [0.3, 0.4) is 0 Å². The molecule has 0 spiro atoms. The van der Waals surface area contributed by atoms with Crippen LogP contribution in [0, 0.1) is 12.7 Å². The summed E-state index contributed by atoms with van der Waals surface area (Å²) in [6.45, 7) is 8.01. The zero-order valence-corrected chi connectivity index (χ0v) is 12.8. The van der Waals surface area contributed by atoms with Crippen LogP contribution in [0.2, 0.25) is 19.6 Å². The van der Waals surface area contributed by atoms with Crippen LogP contribution in [0.4, 0.5) is 4.39 Å². The van der Waals surface area contributed by atoms with Crippen LogP contribution in [0.15, 0.2) is 34.6 Å². The lowest BCUT2D eigenvalue weighted by Gasteiger charge is -2.18. The van der Waals surface area contributed by atoms with Crippen molar-refractivity contribution >= 4 is 26.1 Å². The van der Waals surface area contributed by atoms with E-state index in [1.807, 2.05) is 26.6 Å². The number of rotatable bonds is 4. The summed E-state index contributed by atoms with van der Waals surface area (Å²) >= 11 is 5.66. The average Bonchev–Trinajstić information content (AvgIpc) is 2.27. The zero-order valence-electron chi connectivity index (χ0n) is 11.0. The predicted octanol–water partition coefficient (Wildman–Crippen LogP) is 4.44. The van der Waals surface area contributed by atoms with Gasteiger partial charge in [0.1, 0.15) is 5.82 Å². The van der Waals surface area contributed by atoms with Crippen LogP contribution >= 0.6 is 11.6 Å². The lowest BCUT2D eigenvalue weighted by molar-refractivity contribution is 0.419. The van der Waals surface area contributed by atoms with Gasteiger partial charge in [-0.3, -0.25) is 0 Å². The Bertz CT molecular complexity index is 480. The average molecular weight is 286 g/mol. The highest BCUT2D eigenvalue weighted by molar-refractivity contribution is 6.70. The van der Waals surface area contributed by atoms with Gasteiger partial charge < -0.3 is 4.43 Å². The third-order valence-electron chi connectivity index (χ3n) is 2.08. The van der Waals surface area contributed by atoms with Gasteiger partial charge >= 0.3 is 0 Å². The Morgan fingerprint density at radius 1 is 1.39 bits per heavy atom. The molecule has 1 aromatic carbocycles. The van der Waals surface area contributed by atoms with Gasteiger partial charge in [-0.2, -0.15) is 0 Å². The Morgan fingerprint density at radius 2 is 2.06 bits per heavy atom. The molecular formula is C13H17ClFNOSi. The molecule has 0 atom stereocenters. The van der Waals surface area contributed by atoms with Gasteiger partial charge in [-0.15, -0.1) is 0 Å². The number of hydrogen-bond donors (Lipinski definition) is 0. The first-order valence-electron chi connectivity index (χ1n) is 5.61. The molecule has 0 unspecified atom stereocenters. The Balaban J connectivity index is 2.88. The molecule has 0 aliphatic heterocycles.